The van der Waals surface area contributed by atoms with E-state index in [0.29, 0.717) is 12.5 Å². The molecule has 2 heteroatoms. The Bertz CT molecular complexity index is 278. The van der Waals surface area contributed by atoms with Gasteiger partial charge in [0.1, 0.15) is 0 Å². The molecule has 0 saturated carbocycles. The molecule has 0 radical (unpaired) electrons. The predicted molar refractivity (Wildman–Crippen MR) is 56.8 cm³/mol. The van der Waals surface area contributed by atoms with E-state index in [9.17, 15) is 4.79 Å². The minimum atomic E-state index is -0.206. The van der Waals surface area contributed by atoms with E-state index < -0.39 is 0 Å². The molecule has 0 aliphatic heterocycles. The Kier molecular flexibility index (Phi) is 3.14. The fraction of sp³-hybridized carbons (Fsp3) is 0.583. The van der Waals surface area contributed by atoms with E-state index in [4.69, 9.17) is 4.74 Å². The molecule has 0 saturated heterocycles. The largest absolute Gasteiger partial charge is 0.466 e. The highest BCUT2D eigenvalue weighted by molar-refractivity contribution is 5.65. The quantitative estimate of drug-likeness (QED) is 0.646. The second-order valence-corrected chi connectivity index (χ2v) is 4.23. The number of esters is 1. The highest BCUT2D eigenvalue weighted by atomic mass is 16.5. The van der Waals surface area contributed by atoms with Gasteiger partial charge in [0.05, 0.1) is 6.61 Å². The molecular weight excluding hydrogens is 176 g/mol. The van der Waals surface area contributed by atoms with Crippen molar-refractivity contribution in [3.63, 3.8) is 0 Å². The standard InChI is InChI=1S/C12H18O2/c1-9-5-6-12(4,10(9)2)7-8-14-11(3)13/h5-6,10H,1,7-8H2,2-4H3/t10-,12+/m1/s1. The van der Waals surface area contributed by atoms with Gasteiger partial charge in [-0.3, -0.25) is 4.79 Å². The van der Waals surface area contributed by atoms with Crippen LogP contribution in [0.15, 0.2) is 24.3 Å². The number of carbonyl (C=O) groups excluding carboxylic acids is 1. The average Bonchev–Trinajstić information content (AvgIpc) is 2.34. The summed E-state index contributed by atoms with van der Waals surface area (Å²) in [7, 11) is 0. The van der Waals surface area contributed by atoms with Crippen LogP contribution in [0.2, 0.25) is 0 Å². The number of hydrogen-bond donors (Lipinski definition) is 0. The summed E-state index contributed by atoms with van der Waals surface area (Å²) in [5, 5.41) is 0. The van der Waals surface area contributed by atoms with Gasteiger partial charge in [0.2, 0.25) is 0 Å². The summed E-state index contributed by atoms with van der Waals surface area (Å²) >= 11 is 0. The Morgan fingerprint density at radius 3 is 2.79 bits per heavy atom. The minimum absolute atomic E-state index is 0.104. The topological polar surface area (TPSA) is 26.3 Å². The Hall–Kier alpha value is -1.05. The van der Waals surface area contributed by atoms with Crippen molar-refractivity contribution < 1.29 is 9.53 Å². The molecule has 1 aliphatic rings. The maximum atomic E-state index is 10.6. The van der Waals surface area contributed by atoms with E-state index in [-0.39, 0.29) is 11.4 Å². The van der Waals surface area contributed by atoms with Crippen LogP contribution in [0.1, 0.15) is 27.2 Å². The first-order chi connectivity index (χ1) is 6.46. The fourth-order valence-electron chi connectivity index (χ4n) is 1.72. The van der Waals surface area contributed by atoms with E-state index in [1.807, 2.05) is 0 Å². The monoisotopic (exact) mass is 194 g/mol. The fourth-order valence-corrected chi connectivity index (χ4v) is 1.72. The molecule has 1 rings (SSSR count). The summed E-state index contributed by atoms with van der Waals surface area (Å²) in [4.78, 5) is 10.6. The third kappa shape index (κ3) is 2.25. The zero-order valence-electron chi connectivity index (χ0n) is 9.17. The van der Waals surface area contributed by atoms with Gasteiger partial charge in [-0.1, -0.05) is 38.2 Å². The molecule has 2 nitrogen and oxygen atoms in total. The molecule has 0 aromatic carbocycles. The SMILES string of the molecule is C=C1C=C[C@@](C)(CCOC(C)=O)[C@@H]1C. The molecule has 0 bridgehead atoms. The molecule has 14 heavy (non-hydrogen) atoms. The Morgan fingerprint density at radius 1 is 1.71 bits per heavy atom. The van der Waals surface area contributed by atoms with Gasteiger partial charge in [-0.25, -0.2) is 0 Å². The van der Waals surface area contributed by atoms with Crippen LogP contribution >= 0.6 is 0 Å². The smallest absolute Gasteiger partial charge is 0.302 e. The summed E-state index contributed by atoms with van der Waals surface area (Å²) in [6.07, 6.45) is 5.10. The van der Waals surface area contributed by atoms with E-state index in [1.165, 1.54) is 6.92 Å². The van der Waals surface area contributed by atoms with Crippen LogP contribution in [-0.4, -0.2) is 12.6 Å². The van der Waals surface area contributed by atoms with Crippen molar-refractivity contribution in [2.75, 3.05) is 6.61 Å². The van der Waals surface area contributed by atoms with Crippen LogP contribution in [0.25, 0.3) is 0 Å². The summed E-state index contributed by atoms with van der Waals surface area (Å²) in [5.41, 5.74) is 1.27. The zero-order chi connectivity index (χ0) is 10.8. The van der Waals surface area contributed by atoms with Crippen LogP contribution in [-0.2, 0) is 9.53 Å². The van der Waals surface area contributed by atoms with Crippen LogP contribution < -0.4 is 0 Å². The van der Waals surface area contributed by atoms with Crippen LogP contribution in [0.5, 0.6) is 0 Å². The third-order valence-electron chi connectivity index (χ3n) is 3.17. The first kappa shape index (κ1) is 11.0. The molecule has 0 aromatic rings. The highest BCUT2D eigenvalue weighted by Gasteiger charge is 2.33. The van der Waals surface area contributed by atoms with E-state index in [2.05, 4.69) is 32.6 Å². The van der Waals surface area contributed by atoms with E-state index in [1.54, 1.807) is 0 Å². The average molecular weight is 194 g/mol. The van der Waals surface area contributed by atoms with Gasteiger partial charge in [0.15, 0.2) is 0 Å². The second-order valence-electron chi connectivity index (χ2n) is 4.23. The Balaban J connectivity index is 2.47. The highest BCUT2D eigenvalue weighted by Crippen LogP contribution is 2.42. The maximum Gasteiger partial charge on any atom is 0.302 e. The van der Waals surface area contributed by atoms with Crippen LogP contribution in [0.3, 0.4) is 0 Å². The first-order valence-corrected chi connectivity index (χ1v) is 4.97. The van der Waals surface area contributed by atoms with Gasteiger partial charge >= 0.3 is 5.97 Å². The normalized spacial score (nSPS) is 30.8. The molecule has 2 atom stereocenters. The molecule has 0 heterocycles. The van der Waals surface area contributed by atoms with Crippen molar-refractivity contribution in [3.05, 3.63) is 24.3 Å². The van der Waals surface area contributed by atoms with E-state index >= 15 is 0 Å². The summed E-state index contributed by atoms with van der Waals surface area (Å²) in [6.45, 7) is 10.3. The lowest BCUT2D eigenvalue weighted by Crippen LogP contribution is -2.22. The lowest BCUT2D eigenvalue weighted by molar-refractivity contribution is -0.141. The summed E-state index contributed by atoms with van der Waals surface area (Å²) in [6, 6.07) is 0. The lowest BCUT2D eigenvalue weighted by Gasteiger charge is -2.28. The summed E-state index contributed by atoms with van der Waals surface area (Å²) < 4.78 is 4.95. The van der Waals surface area contributed by atoms with Gasteiger partial charge in [-0.15, -0.1) is 0 Å². The van der Waals surface area contributed by atoms with Crippen molar-refractivity contribution in [1.82, 2.24) is 0 Å². The summed E-state index contributed by atoms with van der Waals surface area (Å²) in [5.74, 6) is 0.236. The molecule has 0 fully saturated rings. The molecule has 0 N–H and O–H groups in total. The molecule has 0 unspecified atom stereocenters. The van der Waals surface area contributed by atoms with Crippen molar-refractivity contribution in [3.8, 4) is 0 Å². The third-order valence-corrected chi connectivity index (χ3v) is 3.17. The molecule has 0 amide bonds. The van der Waals surface area contributed by atoms with Crippen molar-refractivity contribution in [2.24, 2.45) is 11.3 Å². The number of carbonyl (C=O) groups is 1. The van der Waals surface area contributed by atoms with Gasteiger partial charge < -0.3 is 4.74 Å². The van der Waals surface area contributed by atoms with Crippen LogP contribution in [0, 0.1) is 11.3 Å². The van der Waals surface area contributed by atoms with E-state index in [0.717, 1.165) is 12.0 Å². The van der Waals surface area contributed by atoms with Crippen molar-refractivity contribution in [2.45, 2.75) is 27.2 Å². The number of rotatable bonds is 3. The van der Waals surface area contributed by atoms with Gasteiger partial charge in [0, 0.05) is 6.92 Å². The number of ether oxygens (including phenoxy) is 1. The Labute approximate surface area is 85.6 Å². The maximum absolute atomic E-state index is 10.6. The minimum Gasteiger partial charge on any atom is -0.466 e. The Morgan fingerprint density at radius 2 is 2.36 bits per heavy atom. The second kappa shape index (κ2) is 3.99. The first-order valence-electron chi connectivity index (χ1n) is 4.97. The molecule has 0 spiro atoms. The van der Waals surface area contributed by atoms with Crippen molar-refractivity contribution in [1.29, 1.82) is 0 Å². The van der Waals surface area contributed by atoms with Crippen LogP contribution in [0.4, 0.5) is 0 Å². The number of allylic oxidation sites excluding steroid dienone is 3. The van der Waals surface area contributed by atoms with Gasteiger partial charge in [0.25, 0.3) is 0 Å². The van der Waals surface area contributed by atoms with Gasteiger partial charge in [-0.2, -0.15) is 0 Å². The predicted octanol–water partition coefficient (Wildman–Crippen LogP) is 2.71. The molecule has 1 aliphatic carbocycles. The molecule has 0 aromatic heterocycles. The zero-order valence-corrected chi connectivity index (χ0v) is 9.17. The lowest BCUT2D eigenvalue weighted by atomic mass is 9.77. The number of hydrogen-bond acceptors (Lipinski definition) is 2. The van der Waals surface area contributed by atoms with Gasteiger partial charge in [-0.05, 0) is 17.8 Å². The van der Waals surface area contributed by atoms with Crippen molar-refractivity contribution >= 4 is 5.97 Å². The molecule has 78 valence electrons. The molecular formula is C12H18O2.